The van der Waals surface area contributed by atoms with Gasteiger partial charge < -0.3 is 14.3 Å². The van der Waals surface area contributed by atoms with E-state index in [0.29, 0.717) is 6.42 Å². The summed E-state index contributed by atoms with van der Waals surface area (Å²) in [5.74, 6) is -0.593. The fraction of sp³-hybridized carbons (Fsp3) is 0.333. The molecule has 0 aliphatic carbocycles. The topological polar surface area (TPSA) is 113 Å². The summed E-state index contributed by atoms with van der Waals surface area (Å²) < 4.78 is 32.0. The SMILES string of the molecule is NS(=O)(=O)c1ccc(C(=O)OCCOCCC=O)cc1. The molecule has 0 spiro atoms. The quantitative estimate of drug-likeness (QED) is 0.414. The van der Waals surface area contributed by atoms with Crippen molar-refractivity contribution >= 4 is 22.3 Å². The fourth-order valence-electron chi connectivity index (χ4n) is 1.29. The first-order valence-electron chi connectivity index (χ1n) is 5.76. The molecule has 0 unspecified atom stereocenters. The Morgan fingerprint density at radius 1 is 1.15 bits per heavy atom. The lowest BCUT2D eigenvalue weighted by Gasteiger charge is -2.05. The van der Waals surface area contributed by atoms with Crippen molar-refractivity contribution in [2.45, 2.75) is 11.3 Å². The average molecular weight is 301 g/mol. The fourth-order valence-corrected chi connectivity index (χ4v) is 1.81. The minimum atomic E-state index is -3.78. The first kappa shape index (κ1) is 16.3. The van der Waals surface area contributed by atoms with E-state index < -0.39 is 16.0 Å². The van der Waals surface area contributed by atoms with Crippen LogP contribution in [0.15, 0.2) is 29.2 Å². The second-order valence-corrected chi connectivity index (χ2v) is 5.33. The highest BCUT2D eigenvalue weighted by atomic mass is 32.2. The van der Waals surface area contributed by atoms with Crippen molar-refractivity contribution in [3.05, 3.63) is 29.8 Å². The molecule has 1 aromatic rings. The summed E-state index contributed by atoms with van der Waals surface area (Å²) in [6.07, 6.45) is 1.03. The first-order chi connectivity index (χ1) is 9.45. The van der Waals surface area contributed by atoms with Crippen LogP contribution < -0.4 is 5.14 Å². The van der Waals surface area contributed by atoms with Gasteiger partial charge >= 0.3 is 5.97 Å². The monoisotopic (exact) mass is 301 g/mol. The minimum absolute atomic E-state index is 0.0502. The molecule has 1 aromatic carbocycles. The zero-order valence-electron chi connectivity index (χ0n) is 10.7. The third-order valence-electron chi connectivity index (χ3n) is 2.26. The van der Waals surface area contributed by atoms with Crippen molar-refractivity contribution in [2.75, 3.05) is 19.8 Å². The molecule has 0 radical (unpaired) electrons. The van der Waals surface area contributed by atoms with Crippen LogP contribution in [-0.4, -0.2) is 40.5 Å². The van der Waals surface area contributed by atoms with E-state index in [0.717, 1.165) is 6.29 Å². The van der Waals surface area contributed by atoms with Crippen LogP contribution in [0.3, 0.4) is 0 Å². The van der Waals surface area contributed by atoms with E-state index in [9.17, 15) is 18.0 Å². The van der Waals surface area contributed by atoms with Crippen LogP contribution >= 0.6 is 0 Å². The van der Waals surface area contributed by atoms with Gasteiger partial charge in [-0.05, 0) is 24.3 Å². The molecular formula is C12H15NO6S. The maximum Gasteiger partial charge on any atom is 0.338 e. The summed E-state index contributed by atoms with van der Waals surface area (Å²) in [5.41, 5.74) is 0.213. The molecule has 0 saturated heterocycles. The van der Waals surface area contributed by atoms with Gasteiger partial charge in [-0.1, -0.05) is 0 Å². The predicted molar refractivity (Wildman–Crippen MR) is 69.6 cm³/mol. The molecule has 2 N–H and O–H groups in total. The van der Waals surface area contributed by atoms with E-state index in [1.54, 1.807) is 0 Å². The summed E-state index contributed by atoms with van der Waals surface area (Å²) >= 11 is 0. The summed E-state index contributed by atoms with van der Waals surface area (Å²) in [6, 6.07) is 5.09. The lowest BCUT2D eigenvalue weighted by atomic mass is 10.2. The first-order valence-corrected chi connectivity index (χ1v) is 7.31. The largest absolute Gasteiger partial charge is 0.460 e. The number of ether oxygens (including phenoxy) is 2. The summed E-state index contributed by atoms with van der Waals surface area (Å²) in [5, 5.41) is 4.94. The second kappa shape index (κ2) is 7.73. The van der Waals surface area contributed by atoms with Crippen molar-refractivity contribution < 1.29 is 27.5 Å². The molecule has 20 heavy (non-hydrogen) atoms. The molecule has 0 fully saturated rings. The third kappa shape index (κ3) is 5.47. The Morgan fingerprint density at radius 2 is 1.80 bits per heavy atom. The Hall–Kier alpha value is -1.77. The van der Waals surface area contributed by atoms with Crippen LogP contribution in [0.25, 0.3) is 0 Å². The molecule has 0 bridgehead atoms. The molecule has 0 aliphatic heterocycles. The number of esters is 1. The van der Waals surface area contributed by atoms with Gasteiger partial charge in [-0.2, -0.15) is 0 Å². The summed E-state index contributed by atoms with van der Waals surface area (Å²) in [7, 11) is -3.78. The van der Waals surface area contributed by atoms with Crippen molar-refractivity contribution in [2.24, 2.45) is 5.14 Å². The van der Waals surface area contributed by atoms with Gasteiger partial charge in [0, 0.05) is 6.42 Å². The van der Waals surface area contributed by atoms with E-state index in [4.69, 9.17) is 14.6 Å². The molecule has 1 rings (SSSR count). The average Bonchev–Trinajstić information content (AvgIpc) is 2.41. The predicted octanol–water partition coefficient (Wildman–Crippen LogP) is 0.0964. The third-order valence-corrected chi connectivity index (χ3v) is 3.19. The van der Waals surface area contributed by atoms with Gasteiger partial charge in [-0.15, -0.1) is 0 Å². The Balaban J connectivity index is 2.42. The standard InChI is InChI=1S/C12H15NO6S/c13-20(16,17)11-4-2-10(3-5-11)12(15)19-9-8-18-7-1-6-14/h2-6H,1,7-9H2,(H2,13,16,17). The number of sulfonamides is 1. The van der Waals surface area contributed by atoms with Crippen molar-refractivity contribution in [3.63, 3.8) is 0 Å². The Kier molecular flexibility index (Phi) is 6.29. The zero-order chi connectivity index (χ0) is 15.0. The van der Waals surface area contributed by atoms with E-state index in [2.05, 4.69) is 0 Å². The van der Waals surface area contributed by atoms with Crippen LogP contribution in [0.2, 0.25) is 0 Å². The number of aldehydes is 1. The maximum atomic E-state index is 11.6. The number of hydrogen-bond donors (Lipinski definition) is 1. The van der Waals surface area contributed by atoms with Crippen LogP contribution in [0.4, 0.5) is 0 Å². The van der Waals surface area contributed by atoms with E-state index in [1.807, 2.05) is 0 Å². The lowest BCUT2D eigenvalue weighted by molar-refractivity contribution is -0.108. The molecule has 0 aliphatic rings. The highest BCUT2D eigenvalue weighted by Gasteiger charge is 2.11. The summed E-state index contributed by atoms with van der Waals surface area (Å²) in [4.78, 5) is 21.5. The maximum absolute atomic E-state index is 11.6. The number of carbonyl (C=O) groups excluding carboxylic acids is 2. The number of benzene rings is 1. The molecule has 0 aromatic heterocycles. The molecule has 0 heterocycles. The van der Waals surface area contributed by atoms with Gasteiger partial charge in [-0.3, -0.25) is 0 Å². The van der Waals surface area contributed by atoms with Gasteiger partial charge in [0.2, 0.25) is 10.0 Å². The Bertz CT molecular complexity index is 552. The number of hydrogen-bond acceptors (Lipinski definition) is 6. The van der Waals surface area contributed by atoms with Gasteiger partial charge in [0.1, 0.15) is 12.9 Å². The molecule has 0 amide bonds. The molecule has 0 saturated carbocycles. The van der Waals surface area contributed by atoms with Crippen LogP contribution in [-0.2, 0) is 24.3 Å². The van der Waals surface area contributed by atoms with E-state index in [-0.39, 0.29) is 30.3 Å². The van der Waals surface area contributed by atoms with Crippen molar-refractivity contribution in [1.29, 1.82) is 0 Å². The second-order valence-electron chi connectivity index (χ2n) is 3.77. The number of primary sulfonamides is 1. The van der Waals surface area contributed by atoms with E-state index >= 15 is 0 Å². The smallest absolute Gasteiger partial charge is 0.338 e. The molecule has 110 valence electrons. The zero-order valence-corrected chi connectivity index (χ0v) is 11.5. The van der Waals surface area contributed by atoms with Crippen LogP contribution in [0.1, 0.15) is 16.8 Å². The Morgan fingerprint density at radius 3 is 2.35 bits per heavy atom. The van der Waals surface area contributed by atoms with Crippen LogP contribution in [0, 0.1) is 0 Å². The number of carbonyl (C=O) groups is 2. The highest BCUT2D eigenvalue weighted by Crippen LogP contribution is 2.09. The van der Waals surface area contributed by atoms with Crippen molar-refractivity contribution in [1.82, 2.24) is 0 Å². The molecular weight excluding hydrogens is 286 g/mol. The van der Waals surface area contributed by atoms with Gasteiger partial charge in [-0.25, -0.2) is 18.4 Å². The molecule has 8 heteroatoms. The molecule has 0 atom stereocenters. The van der Waals surface area contributed by atoms with Gasteiger partial charge in [0.05, 0.1) is 23.7 Å². The van der Waals surface area contributed by atoms with Gasteiger partial charge in [0.25, 0.3) is 0 Å². The van der Waals surface area contributed by atoms with Gasteiger partial charge in [0.15, 0.2) is 0 Å². The number of nitrogens with two attached hydrogens (primary N) is 1. The normalized spacial score (nSPS) is 11.1. The van der Waals surface area contributed by atoms with Crippen molar-refractivity contribution in [3.8, 4) is 0 Å². The molecule has 7 nitrogen and oxygen atoms in total. The van der Waals surface area contributed by atoms with Crippen LogP contribution in [0.5, 0.6) is 0 Å². The Labute approximate surface area is 116 Å². The van der Waals surface area contributed by atoms with E-state index in [1.165, 1.54) is 24.3 Å². The lowest BCUT2D eigenvalue weighted by Crippen LogP contribution is -2.13. The summed E-state index contributed by atoms with van der Waals surface area (Å²) in [6.45, 7) is 0.521. The minimum Gasteiger partial charge on any atom is -0.460 e. The highest BCUT2D eigenvalue weighted by molar-refractivity contribution is 7.89. The number of rotatable bonds is 8.